The number of halogens is 1. The Kier molecular flexibility index (Phi) is 3.75. The van der Waals surface area contributed by atoms with E-state index in [0.29, 0.717) is 0 Å². The second-order valence-corrected chi connectivity index (χ2v) is 5.74. The number of benzene rings is 1. The van der Waals surface area contributed by atoms with Gasteiger partial charge in [-0.15, -0.1) is 11.3 Å². The highest BCUT2D eigenvalue weighted by molar-refractivity contribution is 7.17. The monoisotopic (exact) mass is 302 g/mol. The Balaban J connectivity index is 1.83. The topological polar surface area (TPSA) is 34.1 Å². The van der Waals surface area contributed by atoms with E-state index in [1.54, 1.807) is 23.5 Å². The summed E-state index contributed by atoms with van der Waals surface area (Å²) in [5.41, 5.74) is 2.92. The first kappa shape index (κ1) is 13.8. The summed E-state index contributed by atoms with van der Waals surface area (Å²) in [4.78, 5) is 4.44. The quantitative estimate of drug-likeness (QED) is 0.763. The molecule has 0 bridgehead atoms. The van der Waals surface area contributed by atoms with Gasteiger partial charge in [0.2, 0.25) is 0 Å². The van der Waals surface area contributed by atoms with Gasteiger partial charge in [-0.1, -0.05) is 0 Å². The standard InChI is InChI=1S/C16H15FN2OS/c1-10(11-7-16-14(18-9-11)5-6-21-16)19-12-3-4-13(17)15(8-12)20-2/h3-10,19H,1-2H3. The molecule has 108 valence electrons. The molecule has 1 N–H and O–H groups in total. The second-order valence-electron chi connectivity index (χ2n) is 4.79. The lowest BCUT2D eigenvalue weighted by Crippen LogP contribution is -2.07. The molecule has 0 aliphatic heterocycles. The van der Waals surface area contributed by atoms with Crippen LogP contribution >= 0.6 is 11.3 Å². The highest BCUT2D eigenvalue weighted by Gasteiger charge is 2.09. The number of thiophene rings is 1. The molecule has 0 spiro atoms. The summed E-state index contributed by atoms with van der Waals surface area (Å²) < 4.78 is 19.6. The highest BCUT2D eigenvalue weighted by atomic mass is 32.1. The Hall–Kier alpha value is -2.14. The molecule has 2 aromatic heterocycles. The van der Waals surface area contributed by atoms with Crippen molar-refractivity contribution in [2.24, 2.45) is 0 Å². The molecule has 0 aliphatic carbocycles. The SMILES string of the molecule is COc1cc(NC(C)c2cnc3ccsc3c2)ccc1F. The van der Waals surface area contributed by atoms with E-state index in [-0.39, 0.29) is 17.6 Å². The van der Waals surface area contributed by atoms with Crippen LogP contribution in [0, 0.1) is 5.82 Å². The number of pyridine rings is 1. The van der Waals surface area contributed by atoms with Gasteiger partial charge >= 0.3 is 0 Å². The largest absolute Gasteiger partial charge is 0.494 e. The molecule has 0 amide bonds. The minimum absolute atomic E-state index is 0.0687. The van der Waals surface area contributed by atoms with Crippen LogP contribution < -0.4 is 10.1 Å². The van der Waals surface area contributed by atoms with Crippen LogP contribution in [0.3, 0.4) is 0 Å². The molecule has 2 heterocycles. The fourth-order valence-electron chi connectivity index (χ4n) is 2.18. The predicted octanol–water partition coefficient (Wildman–Crippen LogP) is 4.62. The summed E-state index contributed by atoms with van der Waals surface area (Å²) in [6, 6.07) is 8.96. The number of anilines is 1. The normalized spacial score (nSPS) is 12.3. The summed E-state index contributed by atoms with van der Waals surface area (Å²) in [5.74, 6) is -0.128. The third-order valence-electron chi connectivity index (χ3n) is 3.36. The van der Waals surface area contributed by atoms with Crippen molar-refractivity contribution in [1.82, 2.24) is 4.98 Å². The molecule has 21 heavy (non-hydrogen) atoms. The first-order valence-electron chi connectivity index (χ1n) is 6.60. The maximum atomic E-state index is 13.4. The first-order valence-corrected chi connectivity index (χ1v) is 7.48. The molecule has 3 aromatic rings. The molecular formula is C16H15FN2OS. The molecule has 1 atom stereocenters. The van der Waals surface area contributed by atoms with E-state index in [2.05, 4.69) is 16.4 Å². The molecule has 0 radical (unpaired) electrons. The Morgan fingerprint density at radius 2 is 2.14 bits per heavy atom. The summed E-state index contributed by atoms with van der Waals surface area (Å²) >= 11 is 1.67. The third kappa shape index (κ3) is 2.83. The number of hydrogen-bond acceptors (Lipinski definition) is 4. The van der Waals surface area contributed by atoms with Gasteiger partial charge in [0.15, 0.2) is 11.6 Å². The average molecular weight is 302 g/mol. The lowest BCUT2D eigenvalue weighted by atomic mass is 10.1. The number of rotatable bonds is 4. The van der Waals surface area contributed by atoms with Crippen molar-refractivity contribution in [2.75, 3.05) is 12.4 Å². The van der Waals surface area contributed by atoms with Crippen LogP contribution in [0.15, 0.2) is 41.9 Å². The molecule has 3 nitrogen and oxygen atoms in total. The van der Waals surface area contributed by atoms with Crippen molar-refractivity contribution in [2.45, 2.75) is 13.0 Å². The summed E-state index contributed by atoms with van der Waals surface area (Å²) in [6.45, 7) is 2.05. The Morgan fingerprint density at radius 3 is 2.95 bits per heavy atom. The van der Waals surface area contributed by atoms with Crippen LogP contribution in [0.5, 0.6) is 5.75 Å². The van der Waals surface area contributed by atoms with Crippen molar-refractivity contribution < 1.29 is 9.13 Å². The van der Waals surface area contributed by atoms with Crippen LogP contribution in [-0.2, 0) is 0 Å². The zero-order chi connectivity index (χ0) is 14.8. The van der Waals surface area contributed by atoms with E-state index >= 15 is 0 Å². The predicted molar refractivity (Wildman–Crippen MR) is 84.6 cm³/mol. The Morgan fingerprint density at radius 1 is 1.29 bits per heavy atom. The van der Waals surface area contributed by atoms with Gasteiger partial charge in [0.05, 0.1) is 23.4 Å². The Bertz CT molecular complexity index is 772. The molecule has 1 aromatic carbocycles. The number of hydrogen-bond donors (Lipinski definition) is 1. The zero-order valence-corrected chi connectivity index (χ0v) is 12.6. The molecule has 5 heteroatoms. The van der Waals surface area contributed by atoms with Crippen LogP contribution in [0.1, 0.15) is 18.5 Å². The van der Waals surface area contributed by atoms with Gasteiger partial charge in [-0.3, -0.25) is 4.98 Å². The zero-order valence-electron chi connectivity index (χ0n) is 11.8. The molecule has 0 saturated carbocycles. The number of ether oxygens (including phenoxy) is 1. The molecule has 0 saturated heterocycles. The van der Waals surface area contributed by atoms with E-state index in [1.165, 1.54) is 13.2 Å². The number of nitrogens with one attached hydrogen (secondary N) is 1. The highest BCUT2D eigenvalue weighted by Crippen LogP contribution is 2.27. The number of methoxy groups -OCH3 is 1. The lowest BCUT2D eigenvalue weighted by Gasteiger charge is -2.16. The maximum Gasteiger partial charge on any atom is 0.165 e. The minimum atomic E-state index is -0.364. The van der Waals surface area contributed by atoms with Crippen LogP contribution in [0.25, 0.3) is 10.2 Å². The van der Waals surface area contributed by atoms with Gasteiger partial charge in [-0.2, -0.15) is 0 Å². The average Bonchev–Trinajstić information content (AvgIpc) is 2.96. The fourth-order valence-corrected chi connectivity index (χ4v) is 2.97. The van der Waals surface area contributed by atoms with Gasteiger partial charge in [-0.05, 0) is 42.1 Å². The van der Waals surface area contributed by atoms with Crippen molar-refractivity contribution in [3.63, 3.8) is 0 Å². The molecule has 0 fully saturated rings. The van der Waals surface area contributed by atoms with Crippen molar-refractivity contribution in [3.8, 4) is 5.75 Å². The second kappa shape index (κ2) is 5.69. The van der Waals surface area contributed by atoms with Crippen LogP contribution in [0.4, 0.5) is 10.1 Å². The number of aromatic nitrogens is 1. The number of nitrogens with zero attached hydrogens (tertiary/aromatic N) is 1. The van der Waals surface area contributed by atoms with E-state index < -0.39 is 0 Å². The van der Waals surface area contributed by atoms with Gasteiger partial charge in [0.25, 0.3) is 0 Å². The summed E-state index contributed by atoms with van der Waals surface area (Å²) in [5, 5.41) is 5.37. The Labute approximate surface area is 126 Å². The molecule has 1 unspecified atom stereocenters. The van der Waals surface area contributed by atoms with E-state index in [1.807, 2.05) is 24.6 Å². The van der Waals surface area contributed by atoms with Crippen molar-refractivity contribution in [1.29, 1.82) is 0 Å². The van der Waals surface area contributed by atoms with E-state index in [9.17, 15) is 4.39 Å². The van der Waals surface area contributed by atoms with Crippen LogP contribution in [-0.4, -0.2) is 12.1 Å². The summed E-state index contributed by atoms with van der Waals surface area (Å²) in [6.07, 6.45) is 1.87. The third-order valence-corrected chi connectivity index (χ3v) is 4.21. The van der Waals surface area contributed by atoms with Gasteiger partial charge < -0.3 is 10.1 Å². The van der Waals surface area contributed by atoms with Gasteiger partial charge in [-0.25, -0.2) is 4.39 Å². The van der Waals surface area contributed by atoms with E-state index in [4.69, 9.17) is 4.74 Å². The minimum Gasteiger partial charge on any atom is -0.494 e. The molecular weight excluding hydrogens is 287 g/mol. The maximum absolute atomic E-state index is 13.4. The van der Waals surface area contributed by atoms with Crippen molar-refractivity contribution in [3.05, 3.63) is 53.3 Å². The van der Waals surface area contributed by atoms with Gasteiger partial charge in [0, 0.05) is 18.0 Å². The number of fused-ring (bicyclic) bond motifs is 1. The lowest BCUT2D eigenvalue weighted by molar-refractivity contribution is 0.387. The smallest absolute Gasteiger partial charge is 0.165 e. The van der Waals surface area contributed by atoms with Crippen molar-refractivity contribution >= 4 is 27.2 Å². The summed E-state index contributed by atoms with van der Waals surface area (Å²) in [7, 11) is 1.46. The van der Waals surface area contributed by atoms with Gasteiger partial charge in [0.1, 0.15) is 0 Å². The first-order chi connectivity index (χ1) is 10.2. The fraction of sp³-hybridized carbons (Fsp3) is 0.188. The molecule has 0 aliphatic rings. The van der Waals surface area contributed by atoms with Crippen LogP contribution in [0.2, 0.25) is 0 Å². The van der Waals surface area contributed by atoms with E-state index in [0.717, 1.165) is 21.5 Å². The molecule has 3 rings (SSSR count).